The van der Waals surface area contributed by atoms with Crippen molar-refractivity contribution in [3.63, 3.8) is 0 Å². The average Bonchev–Trinajstić information content (AvgIpc) is 2.92. The molecule has 5 heteroatoms. The van der Waals surface area contributed by atoms with E-state index in [1.165, 1.54) is 0 Å². The van der Waals surface area contributed by atoms with Gasteiger partial charge in [0.15, 0.2) is 0 Å². The molecule has 22 heavy (non-hydrogen) atoms. The fraction of sp³-hybridized carbons (Fsp3) is 0.118. The molecule has 0 aliphatic carbocycles. The van der Waals surface area contributed by atoms with Crippen molar-refractivity contribution in [1.29, 1.82) is 0 Å². The van der Waals surface area contributed by atoms with Crippen molar-refractivity contribution in [3.05, 3.63) is 75.5 Å². The van der Waals surface area contributed by atoms with Crippen LogP contribution in [0.1, 0.15) is 11.1 Å². The van der Waals surface area contributed by atoms with Crippen molar-refractivity contribution in [1.82, 2.24) is 5.32 Å². The van der Waals surface area contributed by atoms with Gasteiger partial charge in [-0.1, -0.05) is 41.4 Å². The lowest BCUT2D eigenvalue weighted by molar-refractivity contribution is 0.880. The molecule has 0 fully saturated rings. The van der Waals surface area contributed by atoms with E-state index < -0.39 is 0 Å². The molecule has 0 saturated carbocycles. The number of rotatable bonds is 1. The Bertz CT molecular complexity index is 811. The van der Waals surface area contributed by atoms with Crippen LogP contribution < -0.4 is 10.2 Å². The van der Waals surface area contributed by atoms with E-state index in [-0.39, 0.29) is 0 Å². The van der Waals surface area contributed by atoms with Crippen LogP contribution in [0.5, 0.6) is 0 Å². The lowest BCUT2D eigenvalue weighted by Crippen LogP contribution is -2.24. The number of nitrogens with zero attached hydrogens (tertiary/aromatic N) is 2. The molecule has 1 N–H and O–H groups in total. The third-order valence-electron chi connectivity index (χ3n) is 3.90. The Morgan fingerprint density at radius 1 is 1.05 bits per heavy atom. The number of hydrogen-bond acceptors (Lipinski definition) is 3. The van der Waals surface area contributed by atoms with E-state index in [0.717, 1.165) is 34.9 Å². The predicted octanol–water partition coefficient (Wildman–Crippen LogP) is 4.05. The van der Waals surface area contributed by atoms with Crippen LogP contribution in [0.25, 0.3) is 0 Å². The summed E-state index contributed by atoms with van der Waals surface area (Å²) in [5, 5.41) is 4.64. The van der Waals surface area contributed by atoms with Crippen molar-refractivity contribution >= 4 is 34.6 Å². The molecule has 2 aliphatic heterocycles. The first-order valence-corrected chi connectivity index (χ1v) is 7.79. The monoisotopic (exact) mass is 329 g/mol. The lowest BCUT2D eigenvalue weighted by Gasteiger charge is -2.21. The maximum Gasteiger partial charge on any atom is 0.0920 e. The fourth-order valence-corrected chi connectivity index (χ4v) is 3.26. The van der Waals surface area contributed by atoms with E-state index in [0.29, 0.717) is 16.6 Å². The highest BCUT2D eigenvalue weighted by molar-refractivity contribution is 6.36. The maximum absolute atomic E-state index is 6.38. The summed E-state index contributed by atoms with van der Waals surface area (Å²) in [6.45, 7) is 1.36. The van der Waals surface area contributed by atoms with Gasteiger partial charge in [0.1, 0.15) is 0 Å². The van der Waals surface area contributed by atoms with Gasteiger partial charge in [0.25, 0.3) is 0 Å². The minimum atomic E-state index is 0.611. The Labute approximate surface area is 138 Å². The minimum absolute atomic E-state index is 0.611. The Morgan fingerprint density at radius 2 is 1.91 bits per heavy atom. The zero-order chi connectivity index (χ0) is 15.1. The molecule has 4 rings (SSSR count). The van der Waals surface area contributed by atoms with Crippen LogP contribution >= 0.6 is 23.2 Å². The SMILES string of the molecule is Clc1ccc2c(c1)C(c1ccccc1Cl)=NCC1=CNCN12. The predicted molar refractivity (Wildman–Crippen MR) is 92.0 cm³/mol. The van der Waals surface area contributed by atoms with Gasteiger partial charge in [0, 0.05) is 27.4 Å². The van der Waals surface area contributed by atoms with Gasteiger partial charge in [-0.3, -0.25) is 4.99 Å². The molecule has 110 valence electrons. The van der Waals surface area contributed by atoms with E-state index in [4.69, 9.17) is 28.2 Å². The third kappa shape index (κ3) is 2.18. The Hall–Kier alpha value is -1.97. The van der Waals surface area contributed by atoms with E-state index in [1.54, 1.807) is 0 Å². The van der Waals surface area contributed by atoms with Crippen molar-refractivity contribution < 1.29 is 0 Å². The Kier molecular flexibility index (Phi) is 3.32. The summed E-state index contributed by atoms with van der Waals surface area (Å²) in [5.41, 5.74) is 5.07. The molecule has 0 unspecified atom stereocenters. The van der Waals surface area contributed by atoms with E-state index in [9.17, 15) is 0 Å². The van der Waals surface area contributed by atoms with E-state index >= 15 is 0 Å². The first kappa shape index (κ1) is 13.7. The van der Waals surface area contributed by atoms with E-state index in [2.05, 4.69) is 10.2 Å². The van der Waals surface area contributed by atoms with Crippen molar-refractivity contribution in [2.75, 3.05) is 18.1 Å². The topological polar surface area (TPSA) is 27.6 Å². The van der Waals surface area contributed by atoms with Gasteiger partial charge in [0.2, 0.25) is 0 Å². The molecule has 0 atom stereocenters. The summed E-state index contributed by atoms with van der Waals surface area (Å²) in [4.78, 5) is 7.02. The molecule has 2 aliphatic rings. The van der Waals surface area contributed by atoms with Gasteiger partial charge < -0.3 is 10.2 Å². The zero-order valence-corrected chi connectivity index (χ0v) is 13.2. The molecule has 2 aromatic carbocycles. The molecule has 0 saturated heterocycles. The fourth-order valence-electron chi connectivity index (χ4n) is 2.87. The van der Waals surface area contributed by atoms with Crippen molar-refractivity contribution in [2.45, 2.75) is 0 Å². The molecular formula is C17H13Cl2N3. The summed E-state index contributed by atoms with van der Waals surface area (Å²) in [5.74, 6) is 0. The van der Waals surface area contributed by atoms with Crippen LogP contribution in [-0.4, -0.2) is 18.9 Å². The first-order valence-electron chi connectivity index (χ1n) is 7.03. The van der Waals surface area contributed by atoms with E-state index in [1.807, 2.05) is 48.7 Å². The highest BCUT2D eigenvalue weighted by Crippen LogP contribution is 2.34. The zero-order valence-electron chi connectivity index (χ0n) is 11.7. The van der Waals surface area contributed by atoms with Crippen molar-refractivity contribution in [2.24, 2.45) is 4.99 Å². The number of nitrogens with one attached hydrogen (secondary N) is 1. The average molecular weight is 330 g/mol. The van der Waals surface area contributed by atoms with Gasteiger partial charge in [-0.25, -0.2) is 0 Å². The largest absolute Gasteiger partial charge is 0.372 e. The molecular weight excluding hydrogens is 317 g/mol. The number of anilines is 1. The van der Waals surface area contributed by atoms with Gasteiger partial charge >= 0.3 is 0 Å². The third-order valence-corrected chi connectivity index (χ3v) is 4.46. The highest BCUT2D eigenvalue weighted by atomic mass is 35.5. The van der Waals surface area contributed by atoms with Gasteiger partial charge in [-0.05, 0) is 24.3 Å². The van der Waals surface area contributed by atoms with Gasteiger partial charge in [-0.2, -0.15) is 0 Å². The molecule has 2 heterocycles. The number of aliphatic imine (C=N–C) groups is 1. The van der Waals surface area contributed by atoms with Gasteiger partial charge in [-0.15, -0.1) is 0 Å². The number of benzene rings is 2. The first-order chi connectivity index (χ1) is 10.7. The molecule has 0 amide bonds. The molecule has 0 radical (unpaired) electrons. The Morgan fingerprint density at radius 3 is 2.77 bits per heavy atom. The van der Waals surface area contributed by atoms with Crippen molar-refractivity contribution in [3.8, 4) is 0 Å². The second-order valence-electron chi connectivity index (χ2n) is 5.23. The smallest absolute Gasteiger partial charge is 0.0920 e. The number of halogens is 2. The van der Waals surface area contributed by atoms with Crippen LogP contribution in [0.3, 0.4) is 0 Å². The normalized spacial score (nSPS) is 16.2. The van der Waals surface area contributed by atoms with Crippen LogP contribution in [0.2, 0.25) is 10.0 Å². The van der Waals surface area contributed by atoms with Crippen LogP contribution in [0.4, 0.5) is 5.69 Å². The molecule has 0 spiro atoms. The Balaban J connectivity index is 1.96. The van der Waals surface area contributed by atoms with Gasteiger partial charge in [0.05, 0.1) is 30.3 Å². The highest BCUT2D eigenvalue weighted by Gasteiger charge is 2.26. The molecule has 0 aromatic heterocycles. The summed E-state index contributed by atoms with van der Waals surface area (Å²) in [6.07, 6.45) is 2.01. The standard InChI is InChI=1S/C17H13Cl2N3/c18-11-5-6-16-14(7-11)17(13-3-1-2-4-15(13)19)21-9-12-8-20-10-22(12)16/h1-8,20H,9-10H2. The summed E-state index contributed by atoms with van der Waals surface area (Å²) >= 11 is 12.6. The summed E-state index contributed by atoms with van der Waals surface area (Å²) < 4.78 is 0. The quantitative estimate of drug-likeness (QED) is 0.854. The molecule has 2 aromatic rings. The second-order valence-corrected chi connectivity index (χ2v) is 6.08. The second kappa shape index (κ2) is 5.34. The minimum Gasteiger partial charge on any atom is -0.372 e. The van der Waals surface area contributed by atoms with Crippen LogP contribution in [0.15, 0.2) is 59.4 Å². The van der Waals surface area contributed by atoms with Crippen LogP contribution in [0, 0.1) is 0 Å². The lowest BCUT2D eigenvalue weighted by atomic mass is 10.00. The number of fused-ring (bicyclic) bond motifs is 3. The molecule has 0 bridgehead atoms. The molecule has 3 nitrogen and oxygen atoms in total. The van der Waals surface area contributed by atoms with Crippen LogP contribution in [-0.2, 0) is 0 Å². The maximum atomic E-state index is 6.38. The summed E-state index contributed by atoms with van der Waals surface area (Å²) in [6, 6.07) is 13.7. The number of hydrogen-bond donors (Lipinski definition) is 1. The summed E-state index contributed by atoms with van der Waals surface area (Å²) in [7, 11) is 0.